The average Bonchev–Trinajstić information content (AvgIpc) is 3.33. The summed E-state index contributed by atoms with van der Waals surface area (Å²) in [5.74, 6) is 1.91. The van der Waals surface area contributed by atoms with Crippen LogP contribution in [0, 0.1) is 0 Å². The van der Waals surface area contributed by atoms with Crippen LogP contribution in [0.25, 0.3) is 11.5 Å². The maximum Gasteiger partial charge on any atom is 0.167 e. The molecule has 2 heterocycles. The Labute approximate surface area is 186 Å². The third kappa shape index (κ3) is 4.34. The Hall–Kier alpha value is -3.69. The number of ether oxygens (including phenoxy) is 2. The Bertz CT molecular complexity index is 1130. The van der Waals surface area contributed by atoms with Gasteiger partial charge in [-0.1, -0.05) is 36.4 Å². The van der Waals surface area contributed by atoms with E-state index in [1.165, 1.54) is 18.2 Å². The van der Waals surface area contributed by atoms with Gasteiger partial charge in [0, 0.05) is 0 Å². The Morgan fingerprint density at radius 3 is 2.56 bits per heavy atom. The van der Waals surface area contributed by atoms with Crippen molar-refractivity contribution in [2.45, 2.75) is 18.7 Å². The topological polar surface area (TPSA) is 120 Å². The van der Waals surface area contributed by atoms with Crippen LogP contribution >= 0.6 is 0 Å². The molecule has 0 aromatic heterocycles. The average molecular weight is 435 g/mol. The number of nitrogens with zero attached hydrogens (tertiary/aromatic N) is 4. The lowest BCUT2D eigenvalue weighted by molar-refractivity contribution is 0.0600. The van der Waals surface area contributed by atoms with Crippen molar-refractivity contribution in [2.75, 3.05) is 26.5 Å². The minimum Gasteiger partial charge on any atom is -0.493 e. The van der Waals surface area contributed by atoms with Crippen LogP contribution in [0.15, 0.2) is 61.2 Å². The second kappa shape index (κ2) is 9.63. The maximum absolute atomic E-state index is 11.4. The zero-order valence-electron chi connectivity index (χ0n) is 18.0. The van der Waals surface area contributed by atoms with Gasteiger partial charge in [0.1, 0.15) is 18.3 Å². The quantitative estimate of drug-likeness (QED) is 0.367. The van der Waals surface area contributed by atoms with Gasteiger partial charge in [-0.15, -0.1) is 0 Å². The molecule has 0 fully saturated rings. The predicted molar refractivity (Wildman–Crippen MR) is 121 cm³/mol. The lowest BCUT2D eigenvalue weighted by atomic mass is 10.0. The van der Waals surface area contributed by atoms with E-state index >= 15 is 0 Å². The fourth-order valence-corrected chi connectivity index (χ4v) is 3.68. The molecule has 1 unspecified atom stereocenters. The molecule has 9 nitrogen and oxygen atoms in total. The molecule has 0 amide bonds. The Morgan fingerprint density at radius 1 is 1.03 bits per heavy atom. The van der Waals surface area contributed by atoms with Crippen LogP contribution in [0.3, 0.4) is 0 Å². The summed E-state index contributed by atoms with van der Waals surface area (Å²) in [4.78, 5) is 12.6. The molecule has 0 radical (unpaired) electrons. The lowest BCUT2D eigenvalue weighted by Crippen LogP contribution is -2.32. The molecule has 166 valence electrons. The fraction of sp³-hybridized carbons (Fsp3) is 0.261. The number of nitrogens with two attached hydrogens (primary N) is 1. The van der Waals surface area contributed by atoms with Gasteiger partial charge in [0.15, 0.2) is 29.4 Å². The van der Waals surface area contributed by atoms with Crippen LogP contribution in [0.5, 0.6) is 11.5 Å². The second-order valence-electron chi connectivity index (χ2n) is 7.28. The number of aliphatic hydroxyl groups excluding tert-OH is 1. The first-order chi connectivity index (χ1) is 15.6. The number of nitrogens with one attached hydrogen (secondary N) is 1. The highest BCUT2D eigenvalue weighted by Crippen LogP contribution is 2.35. The Morgan fingerprint density at radius 2 is 1.81 bits per heavy atom. The number of anilines is 1. The van der Waals surface area contributed by atoms with Gasteiger partial charge < -0.3 is 25.6 Å². The van der Waals surface area contributed by atoms with Gasteiger partial charge >= 0.3 is 0 Å². The van der Waals surface area contributed by atoms with Gasteiger partial charge in [0.2, 0.25) is 0 Å². The van der Waals surface area contributed by atoms with E-state index in [-0.39, 0.29) is 5.82 Å². The molecule has 4 N–H and O–H groups in total. The highest BCUT2D eigenvalue weighted by Gasteiger charge is 2.27. The van der Waals surface area contributed by atoms with Crippen molar-refractivity contribution >= 4 is 5.82 Å². The molecular weight excluding hydrogens is 408 g/mol. The summed E-state index contributed by atoms with van der Waals surface area (Å²) >= 11 is 0. The smallest absolute Gasteiger partial charge is 0.167 e. The van der Waals surface area contributed by atoms with Crippen molar-refractivity contribution in [2.24, 2.45) is 0 Å². The number of fused-ring (bicyclic) bond motifs is 1. The normalized spacial score (nSPS) is 13.1. The number of benzene rings is 2. The standard InChI is InChI=1S/C23H26N6O3/c1-31-17-9-8-16(12-18(17)32-2)19(25-11-10-15-6-4-3-5-7-15)23(30)29-14-28-21(24)20-22(29)27-13-26-20/h3-9,12-14,19,23,25,30H,10-11,24H2,1-2H3/t19-,23?/m1/s1. The lowest BCUT2D eigenvalue weighted by Gasteiger charge is -2.28. The Kier molecular flexibility index (Phi) is 6.48. The van der Waals surface area contributed by atoms with Gasteiger partial charge in [-0.05, 0) is 36.2 Å². The largest absolute Gasteiger partial charge is 0.493 e. The van der Waals surface area contributed by atoms with Crippen LogP contribution in [0.2, 0.25) is 0 Å². The SMILES string of the molecule is COc1ccc([C@@H](NCCc2ccccc2)C(O)n2cnc(N)c3ncnc2-3)cc1OC. The summed E-state index contributed by atoms with van der Waals surface area (Å²) in [5.41, 5.74) is 8.38. The summed E-state index contributed by atoms with van der Waals surface area (Å²) in [6, 6.07) is 15.2. The molecule has 32 heavy (non-hydrogen) atoms. The number of aliphatic hydroxyl groups is 1. The molecule has 2 atom stereocenters. The second-order valence-corrected chi connectivity index (χ2v) is 7.28. The number of imidazole rings is 1. The van der Waals surface area contributed by atoms with Crippen molar-refractivity contribution < 1.29 is 14.6 Å². The van der Waals surface area contributed by atoms with E-state index in [9.17, 15) is 5.11 Å². The van der Waals surface area contributed by atoms with E-state index in [4.69, 9.17) is 15.2 Å². The van der Waals surface area contributed by atoms with Gasteiger partial charge in [0.25, 0.3) is 0 Å². The molecule has 2 aliphatic rings. The number of methoxy groups -OCH3 is 2. The third-order valence-electron chi connectivity index (χ3n) is 5.36. The molecule has 9 heteroatoms. The summed E-state index contributed by atoms with van der Waals surface area (Å²) in [6.07, 6.45) is 2.65. The molecule has 0 bridgehead atoms. The zero-order valence-corrected chi connectivity index (χ0v) is 18.0. The number of nitrogen functional groups attached to an aromatic ring is 1. The number of hydrogen-bond acceptors (Lipinski definition) is 8. The van der Waals surface area contributed by atoms with Crippen molar-refractivity contribution in [1.29, 1.82) is 0 Å². The van der Waals surface area contributed by atoms with Crippen molar-refractivity contribution in [1.82, 2.24) is 24.8 Å². The molecule has 0 saturated carbocycles. The van der Waals surface area contributed by atoms with Crippen LogP contribution in [-0.4, -0.2) is 45.4 Å². The number of hydrogen-bond donors (Lipinski definition) is 3. The highest BCUT2D eigenvalue weighted by molar-refractivity contribution is 5.64. The summed E-state index contributed by atoms with van der Waals surface area (Å²) in [6.45, 7) is 0.638. The van der Waals surface area contributed by atoms with Crippen LogP contribution in [0.1, 0.15) is 23.4 Å². The highest BCUT2D eigenvalue weighted by atomic mass is 16.5. The number of rotatable bonds is 9. The van der Waals surface area contributed by atoms with Crippen molar-refractivity contribution in [3.8, 4) is 23.0 Å². The summed E-state index contributed by atoms with van der Waals surface area (Å²) in [5, 5.41) is 14.9. The summed E-state index contributed by atoms with van der Waals surface area (Å²) < 4.78 is 12.4. The molecule has 2 aliphatic heterocycles. The van der Waals surface area contributed by atoms with Gasteiger partial charge in [-0.3, -0.25) is 4.57 Å². The Balaban J connectivity index is 1.66. The van der Waals surface area contributed by atoms with Crippen molar-refractivity contribution in [3.05, 3.63) is 72.3 Å². The first kappa shape index (κ1) is 21.5. The molecular formula is C23H26N6O3. The monoisotopic (exact) mass is 434 g/mol. The minimum atomic E-state index is -1.03. The molecule has 0 spiro atoms. The van der Waals surface area contributed by atoms with E-state index < -0.39 is 12.3 Å². The summed E-state index contributed by atoms with van der Waals surface area (Å²) in [7, 11) is 3.17. The first-order valence-corrected chi connectivity index (χ1v) is 10.2. The van der Waals surface area contributed by atoms with Crippen LogP contribution in [0.4, 0.5) is 5.82 Å². The third-order valence-corrected chi connectivity index (χ3v) is 5.36. The van der Waals surface area contributed by atoms with Gasteiger partial charge in [-0.2, -0.15) is 0 Å². The van der Waals surface area contributed by atoms with Crippen LogP contribution < -0.4 is 20.5 Å². The van der Waals surface area contributed by atoms with Gasteiger partial charge in [-0.25, -0.2) is 15.0 Å². The molecule has 2 aromatic carbocycles. The van der Waals surface area contributed by atoms with E-state index in [0.29, 0.717) is 29.6 Å². The molecule has 0 aliphatic carbocycles. The van der Waals surface area contributed by atoms with E-state index in [0.717, 1.165) is 12.0 Å². The van der Waals surface area contributed by atoms with E-state index in [2.05, 4.69) is 32.4 Å². The first-order valence-electron chi connectivity index (χ1n) is 10.2. The van der Waals surface area contributed by atoms with Crippen LogP contribution in [-0.2, 0) is 6.42 Å². The van der Waals surface area contributed by atoms with Crippen molar-refractivity contribution in [3.63, 3.8) is 0 Å². The molecule has 2 aromatic rings. The fourth-order valence-electron chi connectivity index (χ4n) is 3.68. The number of aromatic nitrogens is 4. The van der Waals surface area contributed by atoms with Gasteiger partial charge in [0.05, 0.1) is 20.3 Å². The maximum atomic E-state index is 11.4. The predicted octanol–water partition coefficient (Wildman–Crippen LogP) is 2.44. The van der Waals surface area contributed by atoms with E-state index in [1.807, 2.05) is 36.4 Å². The molecule has 0 saturated heterocycles. The molecule has 4 rings (SSSR count). The zero-order chi connectivity index (χ0) is 22.5. The van der Waals surface area contributed by atoms with E-state index in [1.54, 1.807) is 18.8 Å². The minimum absolute atomic E-state index is 0.264.